The molecule has 0 amide bonds. The molecular formula is C6H9N3O3. The lowest BCUT2D eigenvalue weighted by atomic mass is 10.1. The first-order valence-corrected chi connectivity index (χ1v) is 3.40. The number of hydrogen-bond acceptors (Lipinski definition) is 3. The average Bonchev–Trinajstić information content (AvgIpc) is 2.03. The van der Waals surface area contributed by atoms with Gasteiger partial charge in [-0.2, -0.15) is 0 Å². The van der Waals surface area contributed by atoms with E-state index in [1.807, 2.05) is 0 Å². The fourth-order valence-corrected chi connectivity index (χ4v) is 0.600. The minimum Gasteiger partial charge on any atom is -0.481 e. The molecular weight excluding hydrogens is 162 g/mol. The van der Waals surface area contributed by atoms with Crippen molar-refractivity contribution < 1.29 is 14.7 Å². The summed E-state index contributed by atoms with van der Waals surface area (Å²) in [6.45, 7) is 1.62. The van der Waals surface area contributed by atoms with Gasteiger partial charge in [0.15, 0.2) is 0 Å². The van der Waals surface area contributed by atoms with Crippen LogP contribution in [0.4, 0.5) is 0 Å². The maximum absolute atomic E-state index is 10.8. The first kappa shape index (κ1) is 10.4. The van der Waals surface area contributed by atoms with Crippen molar-refractivity contribution in [3.63, 3.8) is 0 Å². The minimum atomic E-state index is -1.27. The first-order chi connectivity index (χ1) is 5.61. The molecule has 0 radical (unpaired) electrons. The maximum atomic E-state index is 10.8. The van der Waals surface area contributed by atoms with Gasteiger partial charge in [-0.3, -0.25) is 9.59 Å². The summed E-state index contributed by atoms with van der Waals surface area (Å²) >= 11 is 0. The van der Waals surface area contributed by atoms with Gasteiger partial charge in [0.05, 0.1) is 0 Å². The summed E-state index contributed by atoms with van der Waals surface area (Å²) in [6.07, 6.45) is 0.0284. The molecule has 0 aromatic carbocycles. The fraction of sp³-hybridized carbons (Fsp3) is 0.667. The molecule has 66 valence electrons. The fourth-order valence-electron chi connectivity index (χ4n) is 0.600. The molecule has 0 spiro atoms. The van der Waals surface area contributed by atoms with E-state index < -0.39 is 12.0 Å². The van der Waals surface area contributed by atoms with Crippen LogP contribution in [0.3, 0.4) is 0 Å². The highest BCUT2D eigenvalue weighted by molar-refractivity contribution is 5.85. The zero-order valence-corrected chi connectivity index (χ0v) is 6.60. The second-order valence-electron chi connectivity index (χ2n) is 2.16. The Morgan fingerprint density at radius 1 is 1.67 bits per heavy atom. The predicted octanol–water partition coefficient (Wildman–Crippen LogP) is 1.12. The normalized spacial score (nSPS) is 11.4. The zero-order chi connectivity index (χ0) is 9.56. The van der Waals surface area contributed by atoms with Crippen LogP contribution in [-0.2, 0) is 9.59 Å². The molecule has 0 aliphatic heterocycles. The molecule has 6 heteroatoms. The van der Waals surface area contributed by atoms with Crippen LogP contribution in [0, 0.1) is 0 Å². The third-order valence-corrected chi connectivity index (χ3v) is 1.29. The van der Waals surface area contributed by atoms with E-state index in [2.05, 4.69) is 10.0 Å². The van der Waals surface area contributed by atoms with Crippen molar-refractivity contribution in [2.45, 2.75) is 25.8 Å². The Hall–Kier alpha value is -1.55. The summed E-state index contributed by atoms with van der Waals surface area (Å²) in [5.41, 5.74) is 7.95. The monoisotopic (exact) mass is 171 g/mol. The Morgan fingerprint density at radius 3 is 2.58 bits per heavy atom. The molecule has 0 rings (SSSR count). The number of Topliss-reactive ketones (excluding diaryl/α,β-unsaturated/α-hetero) is 1. The second-order valence-corrected chi connectivity index (χ2v) is 2.16. The summed E-state index contributed by atoms with van der Waals surface area (Å²) in [6, 6.07) is -1.26. The number of carbonyl (C=O) groups excluding carboxylic acids is 1. The van der Waals surface area contributed by atoms with Crippen molar-refractivity contribution in [1.82, 2.24) is 0 Å². The molecule has 1 atom stereocenters. The highest BCUT2D eigenvalue weighted by Gasteiger charge is 2.18. The summed E-state index contributed by atoms with van der Waals surface area (Å²) < 4.78 is 0. The summed E-state index contributed by atoms with van der Waals surface area (Å²) in [7, 11) is 0. The van der Waals surface area contributed by atoms with Gasteiger partial charge in [0.2, 0.25) is 0 Å². The number of carboxylic acid groups (broad SMARTS) is 1. The quantitative estimate of drug-likeness (QED) is 0.380. The number of rotatable bonds is 5. The van der Waals surface area contributed by atoms with Gasteiger partial charge in [0.1, 0.15) is 11.8 Å². The number of carboxylic acids is 1. The summed E-state index contributed by atoms with van der Waals surface area (Å²) in [5, 5.41) is 11.4. The van der Waals surface area contributed by atoms with Crippen LogP contribution < -0.4 is 0 Å². The molecule has 12 heavy (non-hydrogen) atoms. The predicted molar refractivity (Wildman–Crippen MR) is 40.5 cm³/mol. The molecule has 6 nitrogen and oxygen atoms in total. The smallest absolute Gasteiger partial charge is 0.312 e. The van der Waals surface area contributed by atoms with Crippen LogP contribution in [0.5, 0.6) is 0 Å². The highest BCUT2D eigenvalue weighted by atomic mass is 16.4. The molecule has 0 bridgehead atoms. The first-order valence-electron chi connectivity index (χ1n) is 3.40. The molecule has 0 fully saturated rings. The van der Waals surface area contributed by atoms with Gasteiger partial charge in [-0.05, 0) is 5.53 Å². The van der Waals surface area contributed by atoms with E-state index in [0.717, 1.165) is 0 Å². The van der Waals surface area contributed by atoms with Crippen molar-refractivity contribution in [1.29, 1.82) is 0 Å². The van der Waals surface area contributed by atoms with Gasteiger partial charge in [0, 0.05) is 17.8 Å². The molecule has 0 aromatic heterocycles. The van der Waals surface area contributed by atoms with Crippen LogP contribution in [0.2, 0.25) is 0 Å². The van der Waals surface area contributed by atoms with Crippen LogP contribution >= 0.6 is 0 Å². The van der Waals surface area contributed by atoms with Crippen LogP contribution in [0.1, 0.15) is 19.8 Å². The van der Waals surface area contributed by atoms with E-state index in [1.165, 1.54) is 0 Å². The topological polar surface area (TPSA) is 103 Å². The Labute approximate surface area is 68.8 Å². The number of carbonyl (C=O) groups is 2. The van der Waals surface area contributed by atoms with Gasteiger partial charge in [0.25, 0.3) is 0 Å². The van der Waals surface area contributed by atoms with E-state index in [0.29, 0.717) is 0 Å². The molecule has 0 unspecified atom stereocenters. The maximum Gasteiger partial charge on any atom is 0.312 e. The lowest BCUT2D eigenvalue weighted by molar-refractivity contribution is -0.140. The van der Waals surface area contributed by atoms with Crippen LogP contribution in [-0.4, -0.2) is 22.9 Å². The SMILES string of the molecule is CCC(=O)C[C@H](N=[N+]=[N-])C(=O)O. The minimum absolute atomic E-state index is 0.226. The molecule has 0 aliphatic rings. The highest BCUT2D eigenvalue weighted by Crippen LogP contribution is 2.01. The number of ketones is 1. The molecule has 0 aromatic rings. The van der Waals surface area contributed by atoms with Crippen molar-refractivity contribution in [2.75, 3.05) is 0 Å². The molecule has 1 N–H and O–H groups in total. The standard InChI is InChI=1S/C6H9N3O3/c1-2-4(10)3-5(6(11)12)8-9-7/h5H,2-3H2,1H3,(H,11,12)/t5-/m0/s1. The number of hydrogen-bond donors (Lipinski definition) is 1. The Kier molecular flexibility index (Phi) is 4.48. The number of azide groups is 1. The Morgan fingerprint density at radius 2 is 2.25 bits per heavy atom. The van der Waals surface area contributed by atoms with E-state index in [1.54, 1.807) is 6.92 Å². The molecule has 0 heterocycles. The number of nitrogens with zero attached hydrogens (tertiary/aromatic N) is 3. The van der Waals surface area contributed by atoms with E-state index in [4.69, 9.17) is 10.6 Å². The van der Waals surface area contributed by atoms with Gasteiger partial charge in [-0.15, -0.1) is 0 Å². The summed E-state index contributed by atoms with van der Waals surface area (Å²) in [4.78, 5) is 23.4. The lowest BCUT2D eigenvalue weighted by Gasteiger charge is -2.01. The number of aliphatic carboxylic acids is 1. The van der Waals surface area contributed by atoms with Crippen molar-refractivity contribution >= 4 is 11.8 Å². The van der Waals surface area contributed by atoms with Gasteiger partial charge in [-0.25, -0.2) is 0 Å². The largest absolute Gasteiger partial charge is 0.481 e. The molecule has 0 saturated heterocycles. The van der Waals surface area contributed by atoms with Crippen LogP contribution in [0.15, 0.2) is 5.11 Å². The van der Waals surface area contributed by atoms with E-state index in [-0.39, 0.29) is 18.6 Å². The van der Waals surface area contributed by atoms with E-state index in [9.17, 15) is 9.59 Å². The second kappa shape index (κ2) is 5.15. The van der Waals surface area contributed by atoms with Gasteiger partial charge < -0.3 is 5.11 Å². The Bertz CT molecular complexity index is 230. The molecule has 0 aliphatic carbocycles. The lowest BCUT2D eigenvalue weighted by Crippen LogP contribution is -2.20. The van der Waals surface area contributed by atoms with Crippen molar-refractivity contribution in [3.8, 4) is 0 Å². The third kappa shape index (κ3) is 3.58. The third-order valence-electron chi connectivity index (χ3n) is 1.29. The van der Waals surface area contributed by atoms with Crippen LogP contribution in [0.25, 0.3) is 10.4 Å². The molecule has 0 saturated carbocycles. The summed E-state index contributed by atoms with van der Waals surface area (Å²) in [5.74, 6) is -1.50. The van der Waals surface area contributed by atoms with E-state index >= 15 is 0 Å². The zero-order valence-electron chi connectivity index (χ0n) is 6.60. The van der Waals surface area contributed by atoms with Gasteiger partial charge in [-0.1, -0.05) is 12.0 Å². The van der Waals surface area contributed by atoms with Gasteiger partial charge >= 0.3 is 5.97 Å². The van der Waals surface area contributed by atoms with Crippen molar-refractivity contribution in [2.24, 2.45) is 5.11 Å². The Balaban J connectivity index is 4.23. The average molecular weight is 171 g/mol. The van der Waals surface area contributed by atoms with Crippen molar-refractivity contribution in [3.05, 3.63) is 10.4 Å².